The summed E-state index contributed by atoms with van der Waals surface area (Å²) in [5.41, 5.74) is 3.95. The molecule has 0 fully saturated rings. The minimum atomic E-state index is -3.46. The summed E-state index contributed by atoms with van der Waals surface area (Å²) in [6, 6.07) is 21.8. The van der Waals surface area contributed by atoms with E-state index in [0.29, 0.717) is 11.3 Å². The minimum Gasteiger partial charge on any atom is -0.496 e. The van der Waals surface area contributed by atoms with Crippen LogP contribution < -0.4 is 14.4 Å². The lowest BCUT2D eigenvalue weighted by Crippen LogP contribution is -2.29. The van der Waals surface area contributed by atoms with E-state index >= 15 is 0 Å². The predicted molar refractivity (Wildman–Crippen MR) is 132 cm³/mol. The van der Waals surface area contributed by atoms with Crippen LogP contribution in [0.1, 0.15) is 46.4 Å². The molecule has 1 amide bonds. The van der Waals surface area contributed by atoms with Gasteiger partial charge in [0, 0.05) is 5.56 Å². The smallest absolute Gasteiger partial charge is 0.251 e. The zero-order chi connectivity index (χ0) is 24.0. The Hall–Kier alpha value is -3.32. The van der Waals surface area contributed by atoms with Gasteiger partial charge in [0.2, 0.25) is 10.0 Å². The maximum Gasteiger partial charge on any atom is 0.251 e. The average Bonchev–Trinajstić information content (AvgIpc) is 2.81. The van der Waals surface area contributed by atoms with E-state index in [0.717, 1.165) is 28.9 Å². The average molecular weight is 467 g/mol. The minimum absolute atomic E-state index is 0.124. The first-order valence-electron chi connectivity index (χ1n) is 10.8. The lowest BCUT2D eigenvalue weighted by Gasteiger charge is -2.22. The Morgan fingerprint density at radius 2 is 1.70 bits per heavy atom. The number of carbonyl (C=O) groups is 1. The molecule has 3 aromatic carbocycles. The largest absolute Gasteiger partial charge is 0.496 e. The first kappa shape index (κ1) is 24.3. The number of nitrogens with one attached hydrogen (secondary N) is 1. The van der Waals surface area contributed by atoms with Crippen LogP contribution in [0.25, 0.3) is 0 Å². The predicted octanol–water partition coefficient (Wildman–Crippen LogP) is 4.85. The van der Waals surface area contributed by atoms with Crippen molar-refractivity contribution in [2.24, 2.45) is 0 Å². The Balaban J connectivity index is 1.73. The molecule has 0 spiro atoms. The van der Waals surface area contributed by atoms with Crippen LogP contribution in [0.2, 0.25) is 0 Å². The van der Waals surface area contributed by atoms with Crippen molar-refractivity contribution in [3.05, 3.63) is 95.1 Å². The molecule has 3 aromatic rings. The quantitative estimate of drug-likeness (QED) is 0.489. The number of para-hydroxylation sites is 1. The normalized spacial score (nSPS) is 12.1. The van der Waals surface area contributed by atoms with Crippen LogP contribution in [0.15, 0.2) is 72.8 Å². The number of rotatable bonds is 9. The topological polar surface area (TPSA) is 75.7 Å². The molecule has 0 heterocycles. The van der Waals surface area contributed by atoms with Gasteiger partial charge in [-0.25, -0.2) is 8.42 Å². The maximum absolute atomic E-state index is 12.9. The van der Waals surface area contributed by atoms with Gasteiger partial charge >= 0.3 is 0 Å². The molecule has 0 saturated carbocycles. The fourth-order valence-corrected chi connectivity index (χ4v) is 4.59. The summed E-state index contributed by atoms with van der Waals surface area (Å²) in [6.07, 6.45) is 1.93. The molecule has 0 aliphatic carbocycles. The third-order valence-corrected chi connectivity index (χ3v) is 6.66. The van der Waals surface area contributed by atoms with Crippen molar-refractivity contribution in [3.8, 4) is 5.75 Å². The van der Waals surface area contributed by atoms with Crippen LogP contribution in [0.4, 0.5) is 5.69 Å². The van der Waals surface area contributed by atoms with E-state index in [1.54, 1.807) is 55.6 Å². The molecule has 0 saturated heterocycles. The lowest BCUT2D eigenvalue weighted by molar-refractivity contribution is 0.0935. The summed E-state index contributed by atoms with van der Waals surface area (Å²) in [7, 11) is -1.82. The Morgan fingerprint density at radius 1 is 1.03 bits per heavy atom. The highest BCUT2D eigenvalue weighted by atomic mass is 32.2. The molecule has 0 unspecified atom stereocenters. The number of methoxy groups -OCH3 is 1. The molecule has 7 heteroatoms. The number of nitrogens with zero attached hydrogens (tertiary/aromatic N) is 1. The van der Waals surface area contributed by atoms with Gasteiger partial charge in [-0.2, -0.15) is 0 Å². The van der Waals surface area contributed by atoms with Crippen molar-refractivity contribution in [2.45, 2.75) is 32.9 Å². The van der Waals surface area contributed by atoms with E-state index in [9.17, 15) is 13.2 Å². The van der Waals surface area contributed by atoms with Gasteiger partial charge in [-0.15, -0.1) is 0 Å². The molecule has 1 atom stereocenters. The summed E-state index contributed by atoms with van der Waals surface area (Å²) < 4.78 is 31.3. The molecule has 3 rings (SSSR count). The second-order valence-electron chi connectivity index (χ2n) is 7.97. The molecule has 0 aliphatic heterocycles. The number of benzene rings is 3. The number of carbonyl (C=O) groups excluding carboxylic acids is 1. The van der Waals surface area contributed by atoms with E-state index in [2.05, 4.69) is 5.32 Å². The zero-order valence-electron chi connectivity index (χ0n) is 19.4. The number of hydrogen-bond acceptors (Lipinski definition) is 4. The Kier molecular flexibility index (Phi) is 7.76. The second kappa shape index (κ2) is 10.5. The van der Waals surface area contributed by atoms with E-state index in [-0.39, 0.29) is 18.5 Å². The van der Waals surface area contributed by atoms with Crippen molar-refractivity contribution in [2.75, 3.05) is 17.7 Å². The molecule has 0 radical (unpaired) electrons. The van der Waals surface area contributed by atoms with Crippen molar-refractivity contribution in [1.29, 1.82) is 0 Å². The first-order chi connectivity index (χ1) is 15.7. The molecule has 0 aromatic heterocycles. The summed E-state index contributed by atoms with van der Waals surface area (Å²) in [6.45, 7) is 4.19. The highest BCUT2D eigenvalue weighted by Gasteiger charge is 2.19. The van der Waals surface area contributed by atoms with E-state index < -0.39 is 10.0 Å². The molecule has 0 bridgehead atoms. The van der Waals surface area contributed by atoms with Gasteiger partial charge in [-0.3, -0.25) is 9.10 Å². The number of aryl methyl sites for hydroxylation is 1. The number of sulfonamides is 1. The third kappa shape index (κ3) is 6.14. The van der Waals surface area contributed by atoms with Gasteiger partial charge in [0.15, 0.2) is 0 Å². The summed E-state index contributed by atoms with van der Waals surface area (Å²) in [5, 5.41) is 3.09. The van der Waals surface area contributed by atoms with Crippen LogP contribution >= 0.6 is 0 Å². The highest BCUT2D eigenvalue weighted by molar-refractivity contribution is 7.92. The van der Waals surface area contributed by atoms with Crippen LogP contribution in [-0.4, -0.2) is 27.7 Å². The summed E-state index contributed by atoms with van der Waals surface area (Å²) in [5.74, 6) is 0.638. The summed E-state index contributed by atoms with van der Waals surface area (Å²) >= 11 is 0. The van der Waals surface area contributed by atoms with E-state index in [1.165, 1.54) is 10.6 Å². The molecular weight excluding hydrogens is 436 g/mol. The van der Waals surface area contributed by atoms with Crippen molar-refractivity contribution in [1.82, 2.24) is 5.32 Å². The van der Waals surface area contributed by atoms with Crippen LogP contribution in [0.3, 0.4) is 0 Å². The van der Waals surface area contributed by atoms with Gasteiger partial charge in [-0.05, 0) is 60.4 Å². The van der Waals surface area contributed by atoms with E-state index in [4.69, 9.17) is 4.74 Å². The number of ether oxygens (including phenoxy) is 1. The monoisotopic (exact) mass is 466 g/mol. The van der Waals surface area contributed by atoms with Gasteiger partial charge < -0.3 is 10.1 Å². The maximum atomic E-state index is 12.9. The highest BCUT2D eigenvalue weighted by Crippen LogP contribution is 2.25. The molecule has 1 N–H and O–H groups in total. The lowest BCUT2D eigenvalue weighted by atomic mass is 10.0. The van der Waals surface area contributed by atoms with Gasteiger partial charge in [0.1, 0.15) is 5.75 Å². The number of hydrogen-bond donors (Lipinski definition) is 1. The second-order valence-corrected chi connectivity index (χ2v) is 9.87. The van der Waals surface area contributed by atoms with Gasteiger partial charge in [0.05, 0.1) is 31.6 Å². The Bertz CT molecular complexity index is 1190. The molecular formula is C26H30N2O4S. The number of amides is 1. The third-order valence-electron chi connectivity index (χ3n) is 5.52. The van der Waals surface area contributed by atoms with Gasteiger partial charge in [-0.1, -0.05) is 49.4 Å². The van der Waals surface area contributed by atoms with Gasteiger partial charge in [0.25, 0.3) is 5.91 Å². The first-order valence-corrected chi connectivity index (χ1v) is 12.6. The molecule has 174 valence electrons. The fraction of sp³-hybridized carbons (Fsp3) is 0.269. The summed E-state index contributed by atoms with van der Waals surface area (Å²) in [4.78, 5) is 12.9. The molecule has 33 heavy (non-hydrogen) atoms. The standard InChI is InChI=1S/C26H30N2O4S/c1-5-24(22-15-16-25(32-3)19(2)17-22)27-26(29)21-13-11-20(12-14-21)18-28(33(4,30)31)23-9-7-6-8-10-23/h6-17,24H,5,18H2,1-4H3,(H,27,29)/t24-/m0/s1. The van der Waals surface area contributed by atoms with Crippen LogP contribution in [0.5, 0.6) is 5.75 Å². The van der Waals surface area contributed by atoms with Crippen molar-refractivity contribution < 1.29 is 17.9 Å². The van der Waals surface area contributed by atoms with E-state index in [1.807, 2.05) is 38.1 Å². The SMILES string of the molecule is CC[C@H](NC(=O)c1ccc(CN(c2ccccc2)S(C)(=O)=O)cc1)c1ccc(OC)c(C)c1. The molecule has 0 aliphatic rings. The van der Waals surface area contributed by atoms with Crippen LogP contribution in [-0.2, 0) is 16.6 Å². The van der Waals surface area contributed by atoms with Crippen molar-refractivity contribution in [3.63, 3.8) is 0 Å². The number of anilines is 1. The Morgan fingerprint density at radius 3 is 2.24 bits per heavy atom. The van der Waals surface area contributed by atoms with Crippen LogP contribution in [0, 0.1) is 6.92 Å². The Labute approximate surface area is 196 Å². The van der Waals surface area contributed by atoms with Crippen molar-refractivity contribution >= 4 is 21.6 Å². The zero-order valence-corrected chi connectivity index (χ0v) is 20.2. The molecule has 6 nitrogen and oxygen atoms in total. The fourth-order valence-electron chi connectivity index (χ4n) is 3.70.